The minimum absolute atomic E-state index is 0.109. The van der Waals surface area contributed by atoms with Gasteiger partial charge in [0.25, 0.3) is 15.9 Å². The van der Waals surface area contributed by atoms with Crippen LogP contribution in [0.4, 0.5) is 5.69 Å². The minimum atomic E-state index is -4.12. The predicted molar refractivity (Wildman–Crippen MR) is 131 cm³/mol. The van der Waals surface area contributed by atoms with E-state index in [1.54, 1.807) is 39.2 Å². The second kappa shape index (κ2) is 9.61. The standard InChI is InChI=1S/C24H27N5O6S/c1-5-35-23(31)24(2,3)29-14-16(12-27-29)15-6-7-20(34-4)21(10-15)36(32,33)28-17-11-18-19(26-13-17)8-9-25-22(18)30/h6-7,10-14,28H,5,8-9H2,1-4H3,(H,25,30). The fraction of sp³-hybridized carbons (Fsp3) is 0.333. The molecule has 12 heteroatoms. The molecule has 2 aromatic heterocycles. The van der Waals surface area contributed by atoms with Crippen molar-refractivity contribution in [2.24, 2.45) is 0 Å². The lowest BCUT2D eigenvalue weighted by molar-refractivity contribution is -0.152. The molecular formula is C24H27N5O6S. The Morgan fingerprint density at radius 2 is 2.00 bits per heavy atom. The molecule has 1 aromatic carbocycles. The van der Waals surface area contributed by atoms with Crippen LogP contribution in [0.25, 0.3) is 11.1 Å². The van der Waals surface area contributed by atoms with Gasteiger partial charge in [0, 0.05) is 24.7 Å². The third kappa shape index (κ3) is 4.76. The SMILES string of the molecule is CCOC(=O)C(C)(C)n1cc(-c2ccc(OC)c(S(=O)(=O)Nc3cnc4c(c3)C(=O)NCC4)c2)cn1. The molecule has 0 saturated heterocycles. The number of nitrogens with one attached hydrogen (secondary N) is 2. The van der Waals surface area contributed by atoms with Crippen LogP contribution in [-0.4, -0.2) is 55.3 Å². The molecule has 2 N–H and O–H groups in total. The Morgan fingerprint density at radius 1 is 1.22 bits per heavy atom. The Bertz CT molecular complexity index is 1430. The summed E-state index contributed by atoms with van der Waals surface area (Å²) in [6, 6.07) is 6.16. The summed E-state index contributed by atoms with van der Waals surface area (Å²) in [5.41, 5.74) is 1.19. The maximum atomic E-state index is 13.3. The van der Waals surface area contributed by atoms with Gasteiger partial charge in [-0.15, -0.1) is 0 Å². The molecule has 1 amide bonds. The number of esters is 1. The van der Waals surface area contributed by atoms with Crippen LogP contribution < -0.4 is 14.8 Å². The van der Waals surface area contributed by atoms with Crippen molar-refractivity contribution in [3.63, 3.8) is 0 Å². The first-order valence-electron chi connectivity index (χ1n) is 11.3. The number of fused-ring (bicyclic) bond motifs is 1. The lowest BCUT2D eigenvalue weighted by Crippen LogP contribution is -2.37. The minimum Gasteiger partial charge on any atom is -0.495 e. The zero-order valence-electron chi connectivity index (χ0n) is 20.4. The molecule has 4 rings (SSSR count). The van der Waals surface area contributed by atoms with Crippen LogP contribution in [0, 0.1) is 0 Å². The van der Waals surface area contributed by atoms with Gasteiger partial charge in [0.05, 0.1) is 43.1 Å². The third-order valence-corrected chi connectivity index (χ3v) is 7.23. The first-order chi connectivity index (χ1) is 17.1. The van der Waals surface area contributed by atoms with Crippen molar-refractivity contribution in [2.75, 3.05) is 25.0 Å². The van der Waals surface area contributed by atoms with Gasteiger partial charge in [-0.3, -0.25) is 19.2 Å². The molecule has 1 aliphatic rings. The molecule has 0 bridgehead atoms. The van der Waals surface area contributed by atoms with Crippen LogP contribution in [0.15, 0.2) is 47.8 Å². The Kier molecular flexibility index (Phi) is 6.72. The molecule has 0 saturated carbocycles. The van der Waals surface area contributed by atoms with E-state index in [-0.39, 0.29) is 28.8 Å². The van der Waals surface area contributed by atoms with E-state index in [0.717, 1.165) is 0 Å². The lowest BCUT2D eigenvalue weighted by atomic mass is 10.1. The number of anilines is 1. The fourth-order valence-corrected chi connectivity index (χ4v) is 5.02. The summed E-state index contributed by atoms with van der Waals surface area (Å²) in [6.07, 6.45) is 5.14. The first kappa shape index (κ1) is 25.2. The van der Waals surface area contributed by atoms with Gasteiger partial charge >= 0.3 is 5.97 Å². The predicted octanol–water partition coefficient (Wildman–Crippen LogP) is 2.34. The first-order valence-corrected chi connectivity index (χ1v) is 12.8. The number of nitrogens with zero attached hydrogens (tertiary/aromatic N) is 3. The second-order valence-corrected chi connectivity index (χ2v) is 10.3. The number of amides is 1. The molecule has 0 aliphatic carbocycles. The Hall–Kier alpha value is -3.93. The van der Waals surface area contributed by atoms with Gasteiger partial charge in [0.15, 0.2) is 5.54 Å². The van der Waals surface area contributed by atoms with Gasteiger partial charge in [-0.1, -0.05) is 6.07 Å². The molecule has 0 unspecified atom stereocenters. The van der Waals surface area contributed by atoms with E-state index < -0.39 is 21.5 Å². The van der Waals surface area contributed by atoms with Crippen LogP contribution >= 0.6 is 0 Å². The Balaban J connectivity index is 1.67. The zero-order valence-corrected chi connectivity index (χ0v) is 21.2. The normalized spacial score (nSPS) is 13.5. The number of ether oxygens (including phenoxy) is 2. The second-order valence-electron chi connectivity index (χ2n) is 8.65. The highest BCUT2D eigenvalue weighted by atomic mass is 32.2. The van der Waals surface area contributed by atoms with Crippen molar-refractivity contribution in [1.82, 2.24) is 20.1 Å². The number of hydrogen-bond donors (Lipinski definition) is 2. The number of aromatic nitrogens is 3. The number of carbonyl (C=O) groups is 2. The largest absolute Gasteiger partial charge is 0.495 e. The molecule has 190 valence electrons. The molecule has 3 heterocycles. The van der Waals surface area contributed by atoms with Crippen molar-refractivity contribution in [3.05, 3.63) is 54.1 Å². The molecule has 36 heavy (non-hydrogen) atoms. The Labute approximate surface area is 208 Å². The monoisotopic (exact) mass is 513 g/mol. The summed E-state index contributed by atoms with van der Waals surface area (Å²) in [7, 11) is -2.75. The summed E-state index contributed by atoms with van der Waals surface area (Å²) in [6.45, 7) is 5.82. The van der Waals surface area contributed by atoms with Crippen molar-refractivity contribution < 1.29 is 27.5 Å². The van der Waals surface area contributed by atoms with Gasteiger partial charge in [-0.2, -0.15) is 5.10 Å². The third-order valence-electron chi connectivity index (χ3n) is 5.83. The molecule has 11 nitrogen and oxygen atoms in total. The summed E-state index contributed by atoms with van der Waals surface area (Å²) in [4.78, 5) is 28.6. The highest BCUT2D eigenvalue weighted by Gasteiger charge is 2.32. The van der Waals surface area contributed by atoms with Crippen LogP contribution in [-0.2, 0) is 31.5 Å². The maximum Gasteiger partial charge on any atom is 0.333 e. The van der Waals surface area contributed by atoms with Crippen LogP contribution in [0.1, 0.15) is 36.8 Å². The molecule has 0 radical (unpaired) electrons. The quantitative estimate of drug-likeness (QED) is 0.437. The zero-order chi connectivity index (χ0) is 26.1. The summed E-state index contributed by atoms with van der Waals surface area (Å²) in [5.74, 6) is -0.601. The average molecular weight is 514 g/mol. The number of methoxy groups -OCH3 is 1. The van der Waals surface area contributed by atoms with Crippen molar-refractivity contribution >= 4 is 27.6 Å². The molecule has 1 aliphatic heterocycles. The van der Waals surface area contributed by atoms with E-state index in [1.165, 1.54) is 36.2 Å². The number of pyridine rings is 1. The van der Waals surface area contributed by atoms with Crippen LogP contribution in [0.5, 0.6) is 5.75 Å². The molecule has 0 atom stereocenters. The summed E-state index contributed by atoms with van der Waals surface area (Å²) >= 11 is 0. The number of carbonyl (C=O) groups excluding carboxylic acids is 2. The van der Waals surface area contributed by atoms with Gasteiger partial charge in [-0.05, 0) is 44.5 Å². The van der Waals surface area contributed by atoms with E-state index >= 15 is 0 Å². The summed E-state index contributed by atoms with van der Waals surface area (Å²) in [5, 5.41) is 7.01. The molecule has 3 aromatic rings. The highest BCUT2D eigenvalue weighted by molar-refractivity contribution is 7.92. The number of benzene rings is 1. The van der Waals surface area contributed by atoms with Crippen molar-refractivity contribution in [2.45, 2.75) is 37.6 Å². The van der Waals surface area contributed by atoms with E-state index in [9.17, 15) is 18.0 Å². The van der Waals surface area contributed by atoms with Gasteiger partial charge in [0.2, 0.25) is 0 Å². The number of rotatable bonds is 8. The van der Waals surface area contributed by atoms with Gasteiger partial charge in [-0.25, -0.2) is 13.2 Å². The smallest absolute Gasteiger partial charge is 0.333 e. The fourth-order valence-electron chi connectivity index (χ4n) is 3.79. The van der Waals surface area contributed by atoms with Crippen molar-refractivity contribution in [3.8, 4) is 16.9 Å². The van der Waals surface area contributed by atoms with E-state index in [1.807, 2.05) is 0 Å². The Morgan fingerprint density at radius 3 is 2.72 bits per heavy atom. The lowest BCUT2D eigenvalue weighted by Gasteiger charge is -2.22. The van der Waals surface area contributed by atoms with E-state index in [0.29, 0.717) is 35.3 Å². The number of sulfonamides is 1. The molecule has 0 fully saturated rings. The van der Waals surface area contributed by atoms with E-state index in [2.05, 4.69) is 20.1 Å². The highest BCUT2D eigenvalue weighted by Crippen LogP contribution is 2.32. The average Bonchev–Trinajstić information content (AvgIpc) is 3.35. The maximum absolute atomic E-state index is 13.3. The molecular weight excluding hydrogens is 486 g/mol. The molecule has 0 spiro atoms. The van der Waals surface area contributed by atoms with Crippen molar-refractivity contribution in [1.29, 1.82) is 0 Å². The van der Waals surface area contributed by atoms with Crippen LogP contribution in [0.3, 0.4) is 0 Å². The van der Waals surface area contributed by atoms with E-state index in [4.69, 9.17) is 9.47 Å². The van der Waals surface area contributed by atoms with Gasteiger partial charge in [0.1, 0.15) is 10.6 Å². The number of hydrogen-bond acceptors (Lipinski definition) is 8. The van der Waals surface area contributed by atoms with Gasteiger partial charge < -0.3 is 14.8 Å². The van der Waals surface area contributed by atoms with Crippen LogP contribution in [0.2, 0.25) is 0 Å². The topological polar surface area (TPSA) is 142 Å². The summed E-state index contributed by atoms with van der Waals surface area (Å²) < 4.78 is 41.1.